The summed E-state index contributed by atoms with van der Waals surface area (Å²) in [6, 6.07) is 14.9. The van der Waals surface area contributed by atoms with E-state index in [0.29, 0.717) is 22.4 Å². The molecular formula is C17H13N3O2. The summed E-state index contributed by atoms with van der Waals surface area (Å²) < 4.78 is 7.15. The zero-order valence-corrected chi connectivity index (χ0v) is 11.9. The van der Waals surface area contributed by atoms with Crippen molar-refractivity contribution in [3.8, 4) is 5.69 Å². The highest BCUT2D eigenvalue weighted by Crippen LogP contribution is 2.27. The maximum Gasteiger partial charge on any atom is 0.347 e. The molecule has 0 bridgehead atoms. The van der Waals surface area contributed by atoms with Gasteiger partial charge >= 0.3 is 5.63 Å². The molecule has 5 nitrogen and oxygen atoms in total. The Balaban J connectivity index is 2.23. The van der Waals surface area contributed by atoms with E-state index in [-0.39, 0.29) is 5.63 Å². The van der Waals surface area contributed by atoms with Gasteiger partial charge in [0.2, 0.25) is 0 Å². The Bertz CT molecular complexity index is 1080. The number of nitrogens with zero attached hydrogens (tertiary/aromatic N) is 2. The van der Waals surface area contributed by atoms with Crippen molar-refractivity contribution in [3.63, 3.8) is 0 Å². The van der Waals surface area contributed by atoms with Crippen molar-refractivity contribution < 1.29 is 4.42 Å². The summed E-state index contributed by atoms with van der Waals surface area (Å²) >= 11 is 0. The average molecular weight is 291 g/mol. The summed E-state index contributed by atoms with van der Waals surface area (Å²) in [6.07, 6.45) is 0. The zero-order chi connectivity index (χ0) is 15.3. The normalized spacial score (nSPS) is 11.3. The van der Waals surface area contributed by atoms with E-state index in [1.807, 2.05) is 42.5 Å². The highest BCUT2D eigenvalue weighted by molar-refractivity contribution is 6.03. The molecule has 0 radical (unpaired) electrons. The Morgan fingerprint density at radius 1 is 1.14 bits per heavy atom. The third kappa shape index (κ3) is 1.72. The van der Waals surface area contributed by atoms with Crippen LogP contribution < -0.4 is 11.4 Å². The standard InChI is InChI=1S/C17H13N3O2/c1-10-15-16(13-7-2-3-8-14(13)22-17(15)21)20(19-10)12-6-4-5-11(18)9-12/h2-9H,18H2,1H3. The van der Waals surface area contributed by atoms with Crippen LogP contribution in [0.4, 0.5) is 5.69 Å². The highest BCUT2D eigenvalue weighted by Gasteiger charge is 2.17. The summed E-state index contributed by atoms with van der Waals surface area (Å²) in [4.78, 5) is 12.3. The van der Waals surface area contributed by atoms with Gasteiger partial charge in [0.15, 0.2) is 0 Å². The van der Waals surface area contributed by atoms with Crippen LogP contribution in [0, 0.1) is 6.92 Å². The molecule has 4 rings (SSSR count). The number of nitrogen functional groups attached to an aromatic ring is 1. The average Bonchev–Trinajstić information content (AvgIpc) is 2.86. The van der Waals surface area contributed by atoms with Gasteiger partial charge in [0, 0.05) is 11.1 Å². The molecule has 0 atom stereocenters. The van der Waals surface area contributed by atoms with E-state index >= 15 is 0 Å². The summed E-state index contributed by atoms with van der Waals surface area (Å²) in [7, 11) is 0. The van der Waals surface area contributed by atoms with Crippen LogP contribution in [0.1, 0.15) is 5.69 Å². The largest absolute Gasteiger partial charge is 0.422 e. The van der Waals surface area contributed by atoms with Crippen LogP contribution in [0.2, 0.25) is 0 Å². The monoisotopic (exact) mass is 291 g/mol. The number of aromatic nitrogens is 2. The van der Waals surface area contributed by atoms with Gasteiger partial charge in [-0.3, -0.25) is 0 Å². The second-order valence-corrected chi connectivity index (χ2v) is 5.20. The predicted octanol–water partition coefficient (Wildman–Crippen LogP) is 3.02. The maximum absolute atomic E-state index is 12.3. The number of anilines is 1. The van der Waals surface area contributed by atoms with Gasteiger partial charge in [-0.1, -0.05) is 18.2 Å². The first kappa shape index (κ1) is 12.6. The molecule has 2 heterocycles. The molecule has 2 aromatic heterocycles. The lowest BCUT2D eigenvalue weighted by molar-refractivity contribution is 0.569. The lowest BCUT2D eigenvalue weighted by Gasteiger charge is -2.06. The van der Waals surface area contributed by atoms with E-state index in [1.165, 1.54) is 0 Å². The smallest absolute Gasteiger partial charge is 0.347 e. The molecular weight excluding hydrogens is 278 g/mol. The van der Waals surface area contributed by atoms with E-state index in [2.05, 4.69) is 5.10 Å². The topological polar surface area (TPSA) is 74.1 Å². The number of benzene rings is 2. The first-order valence-electron chi connectivity index (χ1n) is 6.92. The Kier molecular flexibility index (Phi) is 2.56. The molecule has 22 heavy (non-hydrogen) atoms. The minimum absolute atomic E-state index is 0.374. The molecule has 4 aromatic rings. The molecule has 2 N–H and O–H groups in total. The van der Waals surface area contributed by atoms with Crippen LogP contribution in [-0.2, 0) is 0 Å². The van der Waals surface area contributed by atoms with Gasteiger partial charge in [0.05, 0.1) is 16.9 Å². The molecule has 0 amide bonds. The number of fused-ring (bicyclic) bond motifs is 3. The molecule has 2 aromatic carbocycles. The van der Waals surface area contributed by atoms with E-state index in [1.54, 1.807) is 17.7 Å². The van der Waals surface area contributed by atoms with Crippen LogP contribution in [0.5, 0.6) is 0 Å². The molecule has 0 unspecified atom stereocenters. The fourth-order valence-electron chi connectivity index (χ4n) is 2.77. The number of hydrogen-bond acceptors (Lipinski definition) is 4. The fourth-order valence-corrected chi connectivity index (χ4v) is 2.77. The van der Waals surface area contributed by atoms with E-state index < -0.39 is 0 Å². The van der Waals surface area contributed by atoms with Crippen molar-refractivity contribution in [2.75, 3.05) is 5.73 Å². The summed E-state index contributed by atoms with van der Waals surface area (Å²) in [6.45, 7) is 1.80. The first-order valence-corrected chi connectivity index (χ1v) is 6.92. The molecule has 0 aliphatic heterocycles. The maximum atomic E-state index is 12.3. The SMILES string of the molecule is Cc1nn(-c2cccc(N)c2)c2c1c(=O)oc1ccccc12. The van der Waals surface area contributed by atoms with Gasteiger partial charge in [-0.05, 0) is 37.3 Å². The summed E-state index contributed by atoms with van der Waals surface area (Å²) in [5.74, 6) is 0. The van der Waals surface area contributed by atoms with Crippen LogP contribution in [0.25, 0.3) is 27.6 Å². The van der Waals surface area contributed by atoms with Gasteiger partial charge < -0.3 is 10.2 Å². The molecule has 0 saturated heterocycles. The fraction of sp³-hybridized carbons (Fsp3) is 0.0588. The minimum Gasteiger partial charge on any atom is -0.422 e. The highest BCUT2D eigenvalue weighted by atomic mass is 16.4. The van der Waals surface area contributed by atoms with Crippen molar-refractivity contribution in [2.24, 2.45) is 0 Å². The van der Waals surface area contributed by atoms with Gasteiger partial charge in [0.1, 0.15) is 11.0 Å². The molecule has 5 heteroatoms. The Morgan fingerprint density at radius 2 is 1.95 bits per heavy atom. The Hall–Kier alpha value is -3.08. The molecule has 0 spiro atoms. The van der Waals surface area contributed by atoms with Crippen molar-refractivity contribution in [3.05, 3.63) is 64.6 Å². The second-order valence-electron chi connectivity index (χ2n) is 5.20. The number of aryl methyl sites for hydroxylation is 1. The van der Waals surface area contributed by atoms with Crippen molar-refractivity contribution in [1.29, 1.82) is 0 Å². The van der Waals surface area contributed by atoms with Gasteiger partial charge in [-0.25, -0.2) is 9.48 Å². The summed E-state index contributed by atoms with van der Waals surface area (Å²) in [5, 5.41) is 5.86. The van der Waals surface area contributed by atoms with E-state index in [9.17, 15) is 4.79 Å². The van der Waals surface area contributed by atoms with Crippen molar-refractivity contribution in [1.82, 2.24) is 9.78 Å². The number of para-hydroxylation sites is 1. The lowest BCUT2D eigenvalue weighted by atomic mass is 10.1. The quantitative estimate of drug-likeness (QED) is 0.432. The van der Waals surface area contributed by atoms with Crippen LogP contribution >= 0.6 is 0 Å². The van der Waals surface area contributed by atoms with Gasteiger partial charge in [0.25, 0.3) is 0 Å². The van der Waals surface area contributed by atoms with Crippen LogP contribution in [0.15, 0.2) is 57.7 Å². The van der Waals surface area contributed by atoms with Gasteiger partial charge in [-0.15, -0.1) is 0 Å². The number of hydrogen-bond donors (Lipinski definition) is 1. The first-order chi connectivity index (χ1) is 10.6. The van der Waals surface area contributed by atoms with E-state index in [0.717, 1.165) is 16.6 Å². The number of rotatable bonds is 1. The van der Waals surface area contributed by atoms with Crippen LogP contribution in [-0.4, -0.2) is 9.78 Å². The molecule has 0 aliphatic rings. The minimum atomic E-state index is -0.374. The third-order valence-corrected chi connectivity index (χ3v) is 3.72. The molecule has 108 valence electrons. The Labute approximate surface area is 125 Å². The van der Waals surface area contributed by atoms with Gasteiger partial charge in [-0.2, -0.15) is 5.10 Å². The Morgan fingerprint density at radius 3 is 2.77 bits per heavy atom. The van der Waals surface area contributed by atoms with Crippen molar-refractivity contribution >= 4 is 27.6 Å². The third-order valence-electron chi connectivity index (χ3n) is 3.72. The summed E-state index contributed by atoms with van der Waals surface area (Å²) in [5.41, 5.74) is 8.88. The molecule has 0 aliphatic carbocycles. The van der Waals surface area contributed by atoms with E-state index in [4.69, 9.17) is 10.2 Å². The second kappa shape index (κ2) is 4.46. The number of nitrogens with two attached hydrogens (primary N) is 1. The molecule has 0 fully saturated rings. The van der Waals surface area contributed by atoms with Crippen LogP contribution in [0.3, 0.4) is 0 Å². The lowest BCUT2D eigenvalue weighted by Crippen LogP contribution is -2.02. The molecule has 0 saturated carbocycles. The predicted molar refractivity (Wildman–Crippen MR) is 86.3 cm³/mol. The van der Waals surface area contributed by atoms with Crippen molar-refractivity contribution in [2.45, 2.75) is 6.92 Å². The zero-order valence-electron chi connectivity index (χ0n) is 11.9.